The summed E-state index contributed by atoms with van der Waals surface area (Å²) in [7, 11) is 0. The zero-order valence-electron chi connectivity index (χ0n) is 15.1. The first-order valence-electron chi connectivity index (χ1n) is 9.05. The SMILES string of the molecule is O=C(Nc1ccc(Nc2cc(N3CCCC3)cnn2)cc1)c1ccncc1F. The minimum atomic E-state index is -0.658. The average molecular weight is 378 g/mol. The van der Waals surface area contributed by atoms with Gasteiger partial charge in [0.2, 0.25) is 0 Å². The van der Waals surface area contributed by atoms with Gasteiger partial charge in [0, 0.05) is 36.7 Å². The summed E-state index contributed by atoms with van der Waals surface area (Å²) in [4.78, 5) is 18.1. The van der Waals surface area contributed by atoms with Gasteiger partial charge in [-0.15, -0.1) is 5.10 Å². The summed E-state index contributed by atoms with van der Waals surface area (Å²) in [6, 6.07) is 10.4. The molecule has 2 aromatic heterocycles. The first-order valence-corrected chi connectivity index (χ1v) is 9.05. The Labute approximate surface area is 161 Å². The quantitative estimate of drug-likeness (QED) is 0.706. The third-order valence-electron chi connectivity index (χ3n) is 4.54. The van der Waals surface area contributed by atoms with E-state index in [4.69, 9.17) is 0 Å². The fraction of sp³-hybridized carbons (Fsp3) is 0.200. The molecule has 1 aromatic carbocycles. The summed E-state index contributed by atoms with van der Waals surface area (Å²) >= 11 is 0. The fourth-order valence-corrected chi connectivity index (χ4v) is 3.11. The predicted molar refractivity (Wildman–Crippen MR) is 105 cm³/mol. The van der Waals surface area contributed by atoms with Gasteiger partial charge in [0.15, 0.2) is 11.6 Å². The van der Waals surface area contributed by atoms with Gasteiger partial charge in [0.25, 0.3) is 5.91 Å². The van der Waals surface area contributed by atoms with Crippen LogP contribution in [0, 0.1) is 5.82 Å². The number of anilines is 4. The number of aromatic nitrogens is 3. The molecule has 0 unspecified atom stereocenters. The van der Waals surface area contributed by atoms with Crippen molar-refractivity contribution in [3.05, 3.63) is 66.4 Å². The maximum absolute atomic E-state index is 13.6. The lowest BCUT2D eigenvalue weighted by molar-refractivity contribution is 0.102. The number of amides is 1. The molecule has 7 nitrogen and oxygen atoms in total. The van der Waals surface area contributed by atoms with Gasteiger partial charge in [-0.3, -0.25) is 9.78 Å². The Morgan fingerprint density at radius 2 is 1.79 bits per heavy atom. The van der Waals surface area contributed by atoms with Crippen LogP contribution in [0.3, 0.4) is 0 Å². The van der Waals surface area contributed by atoms with Crippen molar-refractivity contribution >= 4 is 28.8 Å². The molecule has 4 rings (SSSR count). The summed E-state index contributed by atoms with van der Waals surface area (Å²) in [6.07, 6.45) is 6.55. The topological polar surface area (TPSA) is 83.0 Å². The first-order chi connectivity index (χ1) is 13.7. The highest BCUT2D eigenvalue weighted by molar-refractivity contribution is 6.04. The second kappa shape index (κ2) is 7.99. The summed E-state index contributed by atoms with van der Waals surface area (Å²) in [5.41, 5.74) is 2.37. The molecule has 0 saturated carbocycles. The molecule has 0 radical (unpaired) electrons. The van der Waals surface area contributed by atoms with Gasteiger partial charge in [-0.25, -0.2) is 4.39 Å². The molecule has 1 saturated heterocycles. The number of carbonyl (C=O) groups excluding carboxylic acids is 1. The molecule has 3 aromatic rings. The Morgan fingerprint density at radius 1 is 1.04 bits per heavy atom. The van der Waals surface area contributed by atoms with Gasteiger partial charge in [-0.2, -0.15) is 5.10 Å². The Hall–Kier alpha value is -3.55. The van der Waals surface area contributed by atoms with Crippen molar-refractivity contribution in [1.82, 2.24) is 15.2 Å². The third kappa shape index (κ3) is 4.06. The van der Waals surface area contributed by atoms with Crippen molar-refractivity contribution in [2.45, 2.75) is 12.8 Å². The minimum Gasteiger partial charge on any atom is -0.370 e. The van der Waals surface area contributed by atoms with Crippen molar-refractivity contribution in [3.63, 3.8) is 0 Å². The lowest BCUT2D eigenvalue weighted by atomic mass is 10.2. The van der Waals surface area contributed by atoms with E-state index in [1.165, 1.54) is 25.1 Å². The van der Waals surface area contributed by atoms with Crippen LogP contribution in [0.25, 0.3) is 0 Å². The molecule has 1 aliphatic rings. The maximum atomic E-state index is 13.6. The lowest BCUT2D eigenvalue weighted by Gasteiger charge is -2.17. The minimum absolute atomic E-state index is 0.0498. The Bertz CT molecular complexity index is 972. The van der Waals surface area contributed by atoms with Crippen LogP contribution in [0.15, 0.2) is 55.0 Å². The first kappa shape index (κ1) is 17.8. The second-order valence-electron chi connectivity index (χ2n) is 6.51. The van der Waals surface area contributed by atoms with E-state index in [1.807, 2.05) is 18.2 Å². The number of hydrogen-bond donors (Lipinski definition) is 2. The van der Waals surface area contributed by atoms with Crippen LogP contribution in [0.1, 0.15) is 23.2 Å². The molecule has 0 bridgehead atoms. The zero-order chi connectivity index (χ0) is 19.3. The standard InChI is InChI=1S/C20H19FN6O/c21-18-13-22-8-7-17(18)20(28)25-15-5-3-14(4-6-15)24-19-11-16(12-23-26-19)27-9-1-2-10-27/h3-8,11-13H,1-2,9-10H2,(H,24,26)(H,25,28). The molecule has 3 heterocycles. The van der Waals surface area contributed by atoms with Crippen molar-refractivity contribution in [2.24, 2.45) is 0 Å². The number of halogens is 1. The van der Waals surface area contributed by atoms with Gasteiger partial charge >= 0.3 is 0 Å². The van der Waals surface area contributed by atoms with Gasteiger partial charge < -0.3 is 15.5 Å². The monoisotopic (exact) mass is 378 g/mol. The molecule has 1 fully saturated rings. The molecule has 0 spiro atoms. The van der Waals surface area contributed by atoms with Crippen molar-refractivity contribution < 1.29 is 9.18 Å². The van der Waals surface area contributed by atoms with Crippen molar-refractivity contribution in [1.29, 1.82) is 0 Å². The molecule has 142 valence electrons. The molecule has 1 amide bonds. The van der Waals surface area contributed by atoms with E-state index in [-0.39, 0.29) is 5.56 Å². The highest BCUT2D eigenvalue weighted by Crippen LogP contribution is 2.23. The molecule has 2 N–H and O–H groups in total. The Kier molecular flexibility index (Phi) is 5.09. The van der Waals surface area contributed by atoms with E-state index in [2.05, 4.69) is 30.7 Å². The number of carbonyl (C=O) groups is 1. The van der Waals surface area contributed by atoms with Crippen LogP contribution in [-0.2, 0) is 0 Å². The van der Waals surface area contributed by atoms with Crippen molar-refractivity contribution in [3.8, 4) is 0 Å². The van der Waals surface area contributed by atoms with Crippen molar-refractivity contribution in [2.75, 3.05) is 28.6 Å². The van der Waals surface area contributed by atoms with Crippen LogP contribution in [0.4, 0.5) is 27.3 Å². The van der Waals surface area contributed by atoms with Gasteiger partial charge in [0.05, 0.1) is 23.6 Å². The normalized spacial score (nSPS) is 13.4. The molecule has 1 aliphatic heterocycles. The highest BCUT2D eigenvalue weighted by atomic mass is 19.1. The predicted octanol–water partition coefficient (Wildman–Crippen LogP) is 3.61. The zero-order valence-corrected chi connectivity index (χ0v) is 15.1. The van der Waals surface area contributed by atoms with Crippen LogP contribution in [0.5, 0.6) is 0 Å². The van der Waals surface area contributed by atoms with E-state index < -0.39 is 11.7 Å². The van der Waals surface area contributed by atoms with Crippen LogP contribution in [-0.4, -0.2) is 34.2 Å². The molecule has 8 heteroatoms. The lowest BCUT2D eigenvalue weighted by Crippen LogP contribution is -2.18. The Balaban J connectivity index is 1.42. The van der Waals surface area contributed by atoms with Crippen LogP contribution < -0.4 is 15.5 Å². The van der Waals surface area contributed by atoms with Crippen LogP contribution >= 0.6 is 0 Å². The average Bonchev–Trinajstić information content (AvgIpc) is 3.25. The molecule has 28 heavy (non-hydrogen) atoms. The summed E-state index contributed by atoms with van der Waals surface area (Å²) in [6.45, 7) is 2.08. The highest BCUT2D eigenvalue weighted by Gasteiger charge is 2.14. The second-order valence-corrected chi connectivity index (χ2v) is 6.51. The van der Waals surface area contributed by atoms with E-state index in [9.17, 15) is 9.18 Å². The number of nitrogens with zero attached hydrogens (tertiary/aromatic N) is 4. The smallest absolute Gasteiger partial charge is 0.258 e. The largest absolute Gasteiger partial charge is 0.370 e. The van der Waals surface area contributed by atoms with Crippen LogP contribution in [0.2, 0.25) is 0 Å². The molecular weight excluding hydrogens is 359 g/mol. The number of benzene rings is 1. The molecular formula is C20H19FN6O. The van der Waals surface area contributed by atoms with Gasteiger partial charge in [-0.05, 0) is 43.2 Å². The number of pyridine rings is 1. The number of hydrogen-bond acceptors (Lipinski definition) is 6. The fourth-order valence-electron chi connectivity index (χ4n) is 3.11. The maximum Gasteiger partial charge on any atom is 0.258 e. The van der Waals surface area contributed by atoms with E-state index in [0.717, 1.165) is 30.7 Å². The van der Waals surface area contributed by atoms with E-state index in [0.29, 0.717) is 11.5 Å². The third-order valence-corrected chi connectivity index (χ3v) is 4.54. The summed E-state index contributed by atoms with van der Waals surface area (Å²) in [5, 5.41) is 14.1. The van der Waals surface area contributed by atoms with Gasteiger partial charge in [-0.1, -0.05) is 0 Å². The summed E-state index contributed by atoms with van der Waals surface area (Å²) < 4.78 is 13.6. The van der Waals surface area contributed by atoms with E-state index >= 15 is 0 Å². The number of nitrogens with one attached hydrogen (secondary N) is 2. The molecule has 0 atom stereocenters. The number of rotatable bonds is 5. The van der Waals surface area contributed by atoms with Gasteiger partial charge in [0.1, 0.15) is 0 Å². The van der Waals surface area contributed by atoms with E-state index in [1.54, 1.807) is 18.3 Å². The molecule has 0 aliphatic carbocycles. The summed E-state index contributed by atoms with van der Waals surface area (Å²) in [5.74, 6) is -0.528. The Morgan fingerprint density at radius 3 is 2.54 bits per heavy atom.